The quantitative estimate of drug-likeness (QED) is 0.545. The number of hydrogen-bond donors (Lipinski definition) is 0. The molecule has 0 aliphatic heterocycles. The van der Waals surface area contributed by atoms with Crippen LogP contribution in [0.4, 0.5) is 0 Å². The van der Waals surface area contributed by atoms with E-state index in [1.165, 1.54) is 11.3 Å². The van der Waals surface area contributed by atoms with Crippen molar-refractivity contribution in [2.75, 3.05) is 0 Å². The lowest BCUT2D eigenvalue weighted by Crippen LogP contribution is -1.88. The van der Waals surface area contributed by atoms with Crippen LogP contribution in [-0.4, -0.2) is 0 Å². The zero-order chi connectivity index (χ0) is 7.68. The van der Waals surface area contributed by atoms with Crippen molar-refractivity contribution in [2.24, 2.45) is 0 Å². The van der Waals surface area contributed by atoms with Gasteiger partial charge in [0.1, 0.15) is 0 Å². The topological polar surface area (TPSA) is 23.1 Å². The van der Waals surface area contributed by atoms with Gasteiger partial charge in [-0.1, -0.05) is 18.2 Å². The molecule has 2 heteroatoms. The Morgan fingerprint density at radius 3 is 2.73 bits per heavy atom. The van der Waals surface area contributed by atoms with E-state index in [1.54, 1.807) is 5.38 Å². The van der Waals surface area contributed by atoms with Crippen molar-refractivity contribution in [3.05, 3.63) is 35.0 Å². The first-order valence-corrected chi connectivity index (χ1v) is 4.27. The van der Waals surface area contributed by atoms with E-state index in [0.29, 0.717) is 0 Å². The molecule has 0 unspecified atom stereocenters. The summed E-state index contributed by atoms with van der Waals surface area (Å²) in [7, 11) is 0. The minimum Gasteiger partial charge on any atom is -0.869 e. The number of rotatable bonds is 0. The molecule has 0 atom stereocenters. The van der Waals surface area contributed by atoms with Crippen molar-refractivity contribution < 1.29 is 5.11 Å². The van der Waals surface area contributed by atoms with Crippen LogP contribution in [0.5, 0.6) is 5.75 Å². The summed E-state index contributed by atoms with van der Waals surface area (Å²) in [5, 5.41) is 16.6. The molecule has 2 rings (SSSR count). The molecule has 0 bridgehead atoms. The highest BCUT2D eigenvalue weighted by atomic mass is 32.1. The number of hydrogen-bond acceptors (Lipinski definition) is 1. The summed E-state index contributed by atoms with van der Waals surface area (Å²) in [5.41, 5.74) is 0. The molecule has 2 aromatic rings. The third kappa shape index (κ3) is 1.05. The third-order valence-corrected chi connectivity index (χ3v) is 2.34. The molecule has 0 N–H and O–H groups in total. The molecule has 0 aliphatic rings. The lowest BCUT2D eigenvalue weighted by molar-refractivity contribution is -0.265. The highest BCUT2D eigenvalue weighted by Gasteiger charge is 1.96. The molecule has 0 saturated heterocycles. The molecular weight excluding hydrogens is 156 g/mol. The standard InChI is InChI=1S/C9H6OS/c10-9-6-11-5-7-3-1-2-4-8(7)9/h1-6H. The predicted molar refractivity (Wildman–Crippen MR) is 45.7 cm³/mol. The third-order valence-electron chi connectivity index (χ3n) is 1.60. The maximum absolute atomic E-state index is 11.2. The van der Waals surface area contributed by atoms with E-state index >= 15 is 0 Å². The van der Waals surface area contributed by atoms with Gasteiger partial charge in [0, 0.05) is 5.39 Å². The Morgan fingerprint density at radius 2 is 1.91 bits per heavy atom. The molecule has 0 spiro atoms. The minimum atomic E-state index is 0.119. The van der Waals surface area contributed by atoms with Crippen LogP contribution < -0.4 is 5.11 Å². The summed E-state index contributed by atoms with van der Waals surface area (Å²) >= 11 is 1.45. The molecule has 54 valence electrons. The predicted octanol–water partition coefficient (Wildman–Crippen LogP) is 2.26. The molecule has 1 heterocycles. The Morgan fingerprint density at radius 1 is 1.09 bits per heavy atom. The first-order chi connectivity index (χ1) is 5.38. The van der Waals surface area contributed by atoms with E-state index in [4.69, 9.17) is 0 Å². The Bertz CT molecular complexity index is 379. The van der Waals surface area contributed by atoms with E-state index < -0.39 is 0 Å². The van der Waals surface area contributed by atoms with Gasteiger partial charge in [-0.25, -0.2) is 0 Å². The Hall–Kier alpha value is -1.15. The molecule has 1 aromatic heterocycles. The smallest absolute Gasteiger partial charge is 0.211 e. The second-order valence-corrected chi connectivity index (χ2v) is 3.07. The van der Waals surface area contributed by atoms with Gasteiger partial charge in [-0.3, -0.25) is 0 Å². The van der Waals surface area contributed by atoms with Crippen molar-refractivity contribution in [3.8, 4) is 5.75 Å². The highest BCUT2D eigenvalue weighted by Crippen LogP contribution is 2.23. The van der Waals surface area contributed by atoms with Crippen molar-refractivity contribution in [1.82, 2.24) is 0 Å². The second-order valence-electron chi connectivity index (χ2n) is 2.32. The van der Waals surface area contributed by atoms with Crippen LogP contribution >= 0.6 is 11.3 Å². The zero-order valence-corrected chi connectivity index (χ0v) is 6.60. The first-order valence-electron chi connectivity index (χ1n) is 3.33. The van der Waals surface area contributed by atoms with Crippen LogP contribution in [0.15, 0.2) is 35.0 Å². The summed E-state index contributed by atoms with van der Waals surface area (Å²) in [6.45, 7) is 0. The molecule has 0 radical (unpaired) electrons. The van der Waals surface area contributed by atoms with E-state index in [1.807, 2.05) is 29.6 Å². The number of benzene rings is 1. The van der Waals surface area contributed by atoms with Crippen LogP contribution in [0.25, 0.3) is 10.8 Å². The fourth-order valence-electron chi connectivity index (χ4n) is 1.06. The van der Waals surface area contributed by atoms with Gasteiger partial charge < -0.3 is 5.11 Å². The van der Waals surface area contributed by atoms with Crippen LogP contribution in [0.3, 0.4) is 0 Å². The zero-order valence-electron chi connectivity index (χ0n) is 5.78. The van der Waals surface area contributed by atoms with Crippen LogP contribution in [0.1, 0.15) is 0 Å². The fraction of sp³-hybridized carbons (Fsp3) is 0. The summed E-state index contributed by atoms with van der Waals surface area (Å²) in [6.07, 6.45) is 0. The van der Waals surface area contributed by atoms with Crippen LogP contribution in [0.2, 0.25) is 0 Å². The fourth-order valence-corrected chi connectivity index (χ4v) is 1.73. The van der Waals surface area contributed by atoms with Crippen LogP contribution in [-0.2, 0) is 0 Å². The average Bonchev–Trinajstić information content (AvgIpc) is 2.06. The SMILES string of the molecule is [O-]c1c[s+]cc2ccccc12. The number of fused-ring (bicyclic) bond motifs is 1. The summed E-state index contributed by atoms with van der Waals surface area (Å²) in [6, 6.07) is 7.63. The van der Waals surface area contributed by atoms with Crippen LogP contribution in [0, 0.1) is 0 Å². The molecule has 1 nitrogen and oxygen atoms in total. The van der Waals surface area contributed by atoms with Gasteiger partial charge in [0.25, 0.3) is 0 Å². The highest BCUT2D eigenvalue weighted by molar-refractivity contribution is 7.08. The van der Waals surface area contributed by atoms with Crippen molar-refractivity contribution >= 4 is 22.1 Å². The Kier molecular flexibility index (Phi) is 1.47. The van der Waals surface area contributed by atoms with Gasteiger partial charge >= 0.3 is 0 Å². The largest absolute Gasteiger partial charge is 0.869 e. The molecular formula is C9H6OS. The van der Waals surface area contributed by atoms with E-state index in [0.717, 1.165) is 10.8 Å². The first kappa shape index (κ1) is 6.55. The Labute approximate surface area is 68.6 Å². The normalized spacial score (nSPS) is 10.2. The van der Waals surface area contributed by atoms with Gasteiger partial charge in [0.2, 0.25) is 16.7 Å². The molecule has 0 aliphatic carbocycles. The summed E-state index contributed by atoms with van der Waals surface area (Å²) in [4.78, 5) is 0. The van der Waals surface area contributed by atoms with Crippen molar-refractivity contribution in [1.29, 1.82) is 0 Å². The van der Waals surface area contributed by atoms with Crippen molar-refractivity contribution in [3.63, 3.8) is 0 Å². The van der Waals surface area contributed by atoms with Gasteiger partial charge in [0.05, 0.1) is 0 Å². The lowest BCUT2D eigenvalue weighted by Gasteiger charge is -2.02. The summed E-state index contributed by atoms with van der Waals surface area (Å²) in [5.74, 6) is 0.119. The second kappa shape index (κ2) is 2.47. The molecule has 1 aromatic carbocycles. The van der Waals surface area contributed by atoms with Gasteiger partial charge in [-0.2, -0.15) is 0 Å². The van der Waals surface area contributed by atoms with E-state index in [2.05, 4.69) is 0 Å². The molecule has 0 amide bonds. The minimum absolute atomic E-state index is 0.119. The van der Waals surface area contributed by atoms with E-state index in [9.17, 15) is 5.11 Å². The monoisotopic (exact) mass is 162 g/mol. The average molecular weight is 162 g/mol. The summed E-state index contributed by atoms with van der Waals surface area (Å²) < 4.78 is 0. The van der Waals surface area contributed by atoms with Gasteiger partial charge in [0.15, 0.2) is 5.38 Å². The van der Waals surface area contributed by atoms with Gasteiger partial charge in [-0.15, -0.1) is 0 Å². The molecule has 11 heavy (non-hydrogen) atoms. The molecule has 0 fully saturated rings. The van der Waals surface area contributed by atoms with Crippen molar-refractivity contribution in [2.45, 2.75) is 0 Å². The van der Waals surface area contributed by atoms with Gasteiger partial charge in [-0.05, 0) is 17.2 Å². The molecule has 0 saturated carbocycles. The Balaban J connectivity index is 2.91. The maximum Gasteiger partial charge on any atom is 0.211 e. The van der Waals surface area contributed by atoms with E-state index in [-0.39, 0.29) is 5.75 Å². The maximum atomic E-state index is 11.2. The lowest BCUT2D eigenvalue weighted by atomic mass is 10.2.